The molecule has 0 aliphatic carbocycles. The molecule has 2 heterocycles. The summed E-state index contributed by atoms with van der Waals surface area (Å²) >= 11 is 0. The van der Waals surface area contributed by atoms with Crippen molar-refractivity contribution in [2.24, 2.45) is 4.99 Å². The summed E-state index contributed by atoms with van der Waals surface area (Å²) in [5.74, 6) is -4.18. The number of sulfonamides is 1. The SMILES string of the molecule is CN1C(N(C(=O)OC(C)(C)C)C(=O)OC(C)(C)C)=NC(C)(c2cc(B3OC(C)(C)C(C)(C)O3)cc(F)c2F)CS1(=O)=O. The Bertz CT molecular complexity index is 1380. The van der Waals surface area contributed by atoms with Crippen LogP contribution in [0.1, 0.15) is 81.7 Å². The summed E-state index contributed by atoms with van der Waals surface area (Å²) in [6, 6.07) is 2.12. The number of benzene rings is 1. The van der Waals surface area contributed by atoms with E-state index >= 15 is 8.78 Å². The van der Waals surface area contributed by atoms with Crippen molar-refractivity contribution in [3.63, 3.8) is 0 Å². The number of hydrogen-bond acceptors (Lipinski definition) is 9. The first-order chi connectivity index (χ1) is 18.7. The minimum atomic E-state index is -4.37. The van der Waals surface area contributed by atoms with Crippen molar-refractivity contribution in [1.82, 2.24) is 9.21 Å². The number of carbonyl (C=O) groups excluding carboxylic acids is 2. The molecule has 0 bridgehead atoms. The average Bonchev–Trinajstić information content (AvgIpc) is 2.97. The first-order valence-corrected chi connectivity index (χ1v) is 15.0. The molecule has 2 aliphatic rings. The largest absolute Gasteiger partial charge is 0.494 e. The maximum atomic E-state index is 15.5. The van der Waals surface area contributed by atoms with Gasteiger partial charge in [-0.1, -0.05) is 6.07 Å². The van der Waals surface area contributed by atoms with Crippen LogP contribution in [0, 0.1) is 11.6 Å². The fourth-order valence-corrected chi connectivity index (χ4v) is 5.69. The second kappa shape index (κ2) is 10.4. The van der Waals surface area contributed by atoms with Gasteiger partial charge in [0.2, 0.25) is 16.0 Å². The zero-order valence-corrected chi connectivity index (χ0v) is 27.0. The second-order valence-corrected chi connectivity index (χ2v) is 15.7. The van der Waals surface area contributed by atoms with Crippen molar-refractivity contribution in [1.29, 1.82) is 0 Å². The molecule has 15 heteroatoms. The van der Waals surface area contributed by atoms with Crippen LogP contribution in [-0.4, -0.2) is 78.1 Å². The third-order valence-corrected chi connectivity index (χ3v) is 8.94. The number of amides is 2. The molecule has 0 aromatic heterocycles. The molecule has 1 aromatic rings. The van der Waals surface area contributed by atoms with E-state index in [9.17, 15) is 18.0 Å². The monoisotopic (exact) mass is 615 g/mol. The number of carbonyl (C=O) groups is 2. The van der Waals surface area contributed by atoms with E-state index in [1.165, 1.54) is 13.0 Å². The van der Waals surface area contributed by atoms with E-state index in [-0.39, 0.29) is 5.46 Å². The second-order valence-electron chi connectivity index (χ2n) is 13.7. The molecule has 0 radical (unpaired) electrons. The Kier molecular flexibility index (Phi) is 8.38. The predicted molar refractivity (Wildman–Crippen MR) is 153 cm³/mol. The molecule has 3 rings (SSSR count). The molecule has 1 saturated heterocycles. The lowest BCUT2D eigenvalue weighted by Crippen LogP contribution is -2.58. The van der Waals surface area contributed by atoms with E-state index in [1.54, 1.807) is 69.2 Å². The van der Waals surface area contributed by atoms with Crippen molar-refractivity contribution < 1.29 is 45.6 Å². The standard InChI is InChI=1S/C27H40BF2N3O8S/c1-23(2,3)38-21(34)33(22(35)39-24(4,5)6)20-31-27(11,15-42(36,37)32(20)12)17-13-16(14-18(29)19(17)30)28-40-25(7,8)26(9,10)41-28/h13-14H,15H2,1-12H3. The molecule has 1 aromatic carbocycles. The lowest BCUT2D eigenvalue weighted by Gasteiger charge is -2.39. The zero-order chi connectivity index (χ0) is 32.4. The molecule has 0 N–H and O–H groups in total. The summed E-state index contributed by atoms with van der Waals surface area (Å²) < 4.78 is 80.8. The van der Waals surface area contributed by atoms with Gasteiger partial charge in [-0.05, 0) is 87.7 Å². The van der Waals surface area contributed by atoms with Crippen molar-refractivity contribution in [3.8, 4) is 0 Å². The minimum Gasteiger partial charge on any atom is -0.443 e. The number of imide groups is 1. The average molecular weight is 616 g/mol. The molecule has 234 valence electrons. The molecule has 1 atom stereocenters. The van der Waals surface area contributed by atoms with E-state index in [0.29, 0.717) is 9.21 Å². The molecule has 0 spiro atoms. The molecular formula is C27H40BF2N3O8S. The van der Waals surface area contributed by atoms with Crippen LogP contribution in [0.15, 0.2) is 17.1 Å². The topological polar surface area (TPSA) is 124 Å². The molecule has 1 fully saturated rings. The molecule has 2 aliphatic heterocycles. The Labute approximate surface area is 246 Å². The molecule has 2 amide bonds. The van der Waals surface area contributed by atoms with Gasteiger partial charge in [0.1, 0.15) is 16.7 Å². The van der Waals surface area contributed by atoms with E-state index in [1.807, 2.05) is 0 Å². The summed E-state index contributed by atoms with van der Waals surface area (Å²) in [6.07, 6.45) is -2.56. The Hall–Kier alpha value is -2.78. The van der Waals surface area contributed by atoms with Gasteiger partial charge < -0.3 is 18.8 Å². The Morgan fingerprint density at radius 2 is 1.40 bits per heavy atom. The van der Waals surface area contributed by atoms with Crippen molar-refractivity contribution in [3.05, 3.63) is 29.3 Å². The summed E-state index contributed by atoms with van der Waals surface area (Å²) in [4.78, 5) is 31.3. The van der Waals surface area contributed by atoms with Gasteiger partial charge in [0.15, 0.2) is 11.6 Å². The van der Waals surface area contributed by atoms with Gasteiger partial charge in [0, 0.05) is 12.6 Å². The van der Waals surface area contributed by atoms with Crippen LogP contribution in [0.25, 0.3) is 0 Å². The Morgan fingerprint density at radius 1 is 0.952 bits per heavy atom. The van der Waals surface area contributed by atoms with Crippen LogP contribution in [-0.2, 0) is 34.3 Å². The number of guanidine groups is 1. The lowest BCUT2D eigenvalue weighted by molar-refractivity contribution is 0.00578. The van der Waals surface area contributed by atoms with E-state index in [0.717, 1.165) is 13.1 Å². The summed E-state index contributed by atoms with van der Waals surface area (Å²) in [7, 11) is -4.39. The highest BCUT2D eigenvalue weighted by Crippen LogP contribution is 2.39. The molecule has 42 heavy (non-hydrogen) atoms. The van der Waals surface area contributed by atoms with Crippen LogP contribution >= 0.6 is 0 Å². The van der Waals surface area contributed by atoms with E-state index in [2.05, 4.69) is 4.99 Å². The fourth-order valence-electron chi connectivity index (χ4n) is 4.20. The third-order valence-electron chi connectivity index (χ3n) is 7.02. The highest BCUT2D eigenvalue weighted by atomic mass is 32.2. The quantitative estimate of drug-likeness (QED) is 0.452. The first kappa shape index (κ1) is 33.7. The number of halogens is 2. The number of rotatable bonds is 2. The third kappa shape index (κ3) is 6.73. The first-order valence-electron chi connectivity index (χ1n) is 13.4. The highest BCUT2D eigenvalue weighted by Gasteiger charge is 2.53. The van der Waals surface area contributed by atoms with E-state index in [4.69, 9.17) is 18.8 Å². The van der Waals surface area contributed by atoms with Crippen LogP contribution in [0.3, 0.4) is 0 Å². The predicted octanol–water partition coefficient (Wildman–Crippen LogP) is 4.28. The van der Waals surface area contributed by atoms with Crippen LogP contribution in [0.2, 0.25) is 0 Å². The highest BCUT2D eigenvalue weighted by molar-refractivity contribution is 7.89. The maximum absolute atomic E-state index is 15.5. The molecular weight excluding hydrogens is 575 g/mol. The summed E-state index contributed by atoms with van der Waals surface area (Å²) in [5.41, 5.74) is -6.16. The van der Waals surface area contributed by atoms with Gasteiger partial charge in [0.25, 0.3) is 0 Å². The summed E-state index contributed by atoms with van der Waals surface area (Å²) in [5, 5.41) is 0. The number of aliphatic imine (C=N–C) groups is 1. The summed E-state index contributed by atoms with van der Waals surface area (Å²) in [6.45, 7) is 17.7. The van der Waals surface area contributed by atoms with Crippen LogP contribution in [0.4, 0.5) is 18.4 Å². The number of ether oxygens (including phenoxy) is 2. The lowest BCUT2D eigenvalue weighted by atomic mass is 9.76. The Morgan fingerprint density at radius 3 is 1.83 bits per heavy atom. The smallest absolute Gasteiger partial charge is 0.443 e. The van der Waals surface area contributed by atoms with Gasteiger partial charge in [-0.2, -0.15) is 0 Å². The zero-order valence-electron chi connectivity index (χ0n) is 26.2. The molecule has 1 unspecified atom stereocenters. The maximum Gasteiger partial charge on any atom is 0.494 e. The number of nitrogens with zero attached hydrogens (tertiary/aromatic N) is 3. The minimum absolute atomic E-state index is 0.0907. The van der Waals surface area contributed by atoms with Gasteiger partial charge in [-0.3, -0.25) is 0 Å². The van der Waals surface area contributed by atoms with E-state index < -0.39 is 86.2 Å². The van der Waals surface area contributed by atoms with Gasteiger partial charge in [0.05, 0.1) is 17.0 Å². The Balaban J connectivity index is 2.24. The molecule has 0 saturated carbocycles. The fraction of sp³-hybridized carbons (Fsp3) is 0.667. The van der Waals surface area contributed by atoms with Gasteiger partial charge in [-0.15, -0.1) is 4.90 Å². The van der Waals surface area contributed by atoms with Crippen LogP contribution < -0.4 is 5.46 Å². The van der Waals surface area contributed by atoms with Gasteiger partial charge in [-0.25, -0.2) is 36.1 Å². The van der Waals surface area contributed by atoms with Crippen molar-refractivity contribution in [2.75, 3.05) is 12.8 Å². The normalized spacial score (nSPS) is 23.3. The van der Waals surface area contributed by atoms with Crippen molar-refractivity contribution >= 4 is 40.8 Å². The molecule has 11 nitrogen and oxygen atoms in total. The van der Waals surface area contributed by atoms with Crippen molar-refractivity contribution in [2.45, 2.75) is 104 Å². The van der Waals surface area contributed by atoms with Gasteiger partial charge >= 0.3 is 19.3 Å². The number of hydrogen-bond donors (Lipinski definition) is 0. The van der Waals surface area contributed by atoms with Crippen LogP contribution in [0.5, 0.6) is 0 Å².